The Morgan fingerprint density at radius 2 is 2.06 bits per heavy atom. The molecule has 0 aliphatic rings. The average Bonchev–Trinajstić information content (AvgIpc) is 2.59. The van der Waals surface area contributed by atoms with Crippen LogP contribution >= 0.6 is 12.2 Å². The number of aromatic amines is 1. The predicted molar refractivity (Wildman–Crippen MR) is 62.3 cm³/mol. The molecule has 0 aliphatic carbocycles. The molecule has 0 atom stereocenters. The number of benzene rings is 1. The highest BCUT2D eigenvalue weighted by Crippen LogP contribution is 2.25. The van der Waals surface area contributed by atoms with Crippen LogP contribution in [0.1, 0.15) is 5.69 Å². The predicted octanol–water partition coefficient (Wildman–Crippen LogP) is 3.44. The fraction of sp³-hybridized carbons (Fsp3) is 0.182. The number of hydrogen-bond acceptors (Lipinski definition) is 2. The van der Waals surface area contributed by atoms with Gasteiger partial charge in [-0.2, -0.15) is 8.78 Å². The molecule has 0 bridgehead atoms. The quantitative estimate of drug-likeness (QED) is 0.852. The first kappa shape index (κ1) is 11.8. The van der Waals surface area contributed by atoms with E-state index in [9.17, 15) is 8.78 Å². The average molecular weight is 256 g/mol. The highest BCUT2D eigenvalue weighted by atomic mass is 32.1. The summed E-state index contributed by atoms with van der Waals surface area (Å²) in [6.07, 6.45) is 1.71. The van der Waals surface area contributed by atoms with E-state index in [2.05, 4.69) is 9.72 Å². The van der Waals surface area contributed by atoms with Gasteiger partial charge in [-0.15, -0.1) is 0 Å². The number of nitrogens with zero attached hydrogens (tertiary/aromatic N) is 1. The van der Waals surface area contributed by atoms with E-state index in [1.54, 1.807) is 29.0 Å². The van der Waals surface area contributed by atoms with Gasteiger partial charge in [0.05, 0.1) is 5.69 Å². The number of aromatic nitrogens is 2. The van der Waals surface area contributed by atoms with Gasteiger partial charge in [0.25, 0.3) is 0 Å². The topological polar surface area (TPSA) is 29.9 Å². The number of imidazole rings is 1. The minimum Gasteiger partial charge on any atom is -0.433 e. The van der Waals surface area contributed by atoms with Gasteiger partial charge >= 0.3 is 6.61 Å². The summed E-state index contributed by atoms with van der Waals surface area (Å²) in [6, 6.07) is 6.53. The van der Waals surface area contributed by atoms with Crippen LogP contribution in [0.25, 0.3) is 5.69 Å². The van der Waals surface area contributed by atoms with E-state index in [4.69, 9.17) is 12.2 Å². The first-order valence-electron chi connectivity index (χ1n) is 4.91. The monoisotopic (exact) mass is 256 g/mol. The van der Waals surface area contributed by atoms with Crippen molar-refractivity contribution in [1.82, 2.24) is 9.55 Å². The van der Waals surface area contributed by atoms with Crippen molar-refractivity contribution in [2.45, 2.75) is 13.5 Å². The van der Waals surface area contributed by atoms with E-state index in [0.29, 0.717) is 10.5 Å². The molecule has 0 radical (unpaired) electrons. The molecule has 1 heterocycles. The maximum absolute atomic E-state index is 12.3. The Balaban J connectivity index is 2.56. The zero-order valence-corrected chi connectivity index (χ0v) is 9.80. The molecule has 0 aliphatic heterocycles. The summed E-state index contributed by atoms with van der Waals surface area (Å²) >= 11 is 5.09. The molecule has 0 saturated heterocycles. The van der Waals surface area contributed by atoms with Crippen molar-refractivity contribution in [3.05, 3.63) is 40.9 Å². The molecule has 3 nitrogen and oxygen atoms in total. The molecule has 2 rings (SSSR count). The van der Waals surface area contributed by atoms with E-state index < -0.39 is 6.61 Å². The minimum absolute atomic E-state index is 0.0984. The first-order valence-corrected chi connectivity index (χ1v) is 5.31. The van der Waals surface area contributed by atoms with Crippen molar-refractivity contribution >= 4 is 12.2 Å². The summed E-state index contributed by atoms with van der Waals surface area (Å²) in [4.78, 5) is 2.85. The third kappa shape index (κ3) is 2.36. The number of halogens is 2. The normalized spacial score (nSPS) is 10.8. The van der Waals surface area contributed by atoms with Crippen molar-refractivity contribution in [1.29, 1.82) is 0 Å². The summed E-state index contributed by atoms with van der Waals surface area (Å²) in [7, 11) is 0. The molecule has 2 aromatic rings. The van der Waals surface area contributed by atoms with Crippen LogP contribution in [0.15, 0.2) is 30.5 Å². The standard InChI is InChI=1S/C11H10F2N2OS/c1-7-6-14-11(17)15(7)8-4-2-3-5-9(8)16-10(12)13/h2-6,10H,1H3,(H,14,17). The summed E-state index contributed by atoms with van der Waals surface area (Å²) in [5.41, 5.74) is 1.32. The van der Waals surface area contributed by atoms with E-state index >= 15 is 0 Å². The lowest BCUT2D eigenvalue weighted by molar-refractivity contribution is -0.0498. The van der Waals surface area contributed by atoms with E-state index in [0.717, 1.165) is 5.69 Å². The van der Waals surface area contributed by atoms with Gasteiger partial charge in [0.2, 0.25) is 0 Å². The van der Waals surface area contributed by atoms with Gasteiger partial charge in [-0.25, -0.2) is 0 Å². The zero-order valence-electron chi connectivity index (χ0n) is 8.98. The van der Waals surface area contributed by atoms with Crippen LogP contribution in [-0.4, -0.2) is 16.2 Å². The van der Waals surface area contributed by atoms with Crippen LogP contribution in [0, 0.1) is 11.7 Å². The molecule has 0 amide bonds. The minimum atomic E-state index is -2.86. The third-order valence-corrected chi connectivity index (χ3v) is 2.58. The second-order valence-electron chi connectivity index (χ2n) is 3.42. The highest BCUT2D eigenvalue weighted by molar-refractivity contribution is 7.71. The lowest BCUT2D eigenvalue weighted by Crippen LogP contribution is -2.06. The molecule has 90 valence electrons. The van der Waals surface area contributed by atoms with E-state index in [-0.39, 0.29) is 5.75 Å². The Hall–Kier alpha value is -1.69. The number of H-pyrrole nitrogens is 1. The third-order valence-electron chi connectivity index (χ3n) is 2.28. The Labute approximate surface area is 102 Å². The van der Waals surface area contributed by atoms with Gasteiger partial charge in [0, 0.05) is 11.9 Å². The Bertz CT molecular complexity index is 577. The summed E-state index contributed by atoms with van der Waals surface area (Å²) < 4.78 is 31.1. The molecular weight excluding hydrogens is 246 g/mol. The van der Waals surface area contributed by atoms with Crippen LogP contribution in [0.2, 0.25) is 0 Å². The lowest BCUT2D eigenvalue weighted by Gasteiger charge is -2.12. The van der Waals surface area contributed by atoms with Crippen molar-refractivity contribution < 1.29 is 13.5 Å². The number of nitrogens with one attached hydrogen (secondary N) is 1. The smallest absolute Gasteiger partial charge is 0.387 e. The number of ether oxygens (including phenoxy) is 1. The maximum Gasteiger partial charge on any atom is 0.387 e. The van der Waals surface area contributed by atoms with Crippen LogP contribution in [0.4, 0.5) is 8.78 Å². The molecule has 1 N–H and O–H groups in total. The van der Waals surface area contributed by atoms with Crippen molar-refractivity contribution in [2.75, 3.05) is 0 Å². The zero-order chi connectivity index (χ0) is 12.4. The molecule has 1 aromatic heterocycles. The lowest BCUT2D eigenvalue weighted by atomic mass is 10.3. The van der Waals surface area contributed by atoms with Crippen molar-refractivity contribution in [3.8, 4) is 11.4 Å². The fourth-order valence-corrected chi connectivity index (χ4v) is 1.89. The van der Waals surface area contributed by atoms with Gasteiger partial charge < -0.3 is 9.72 Å². The number of alkyl halides is 2. The number of rotatable bonds is 3. The maximum atomic E-state index is 12.3. The van der Waals surface area contributed by atoms with Gasteiger partial charge in [-0.1, -0.05) is 12.1 Å². The van der Waals surface area contributed by atoms with E-state index in [1.807, 2.05) is 6.92 Å². The van der Waals surface area contributed by atoms with Crippen LogP contribution in [0.5, 0.6) is 5.75 Å². The van der Waals surface area contributed by atoms with E-state index in [1.165, 1.54) is 6.07 Å². The van der Waals surface area contributed by atoms with Gasteiger partial charge in [0.15, 0.2) is 4.77 Å². The summed E-state index contributed by atoms with van der Waals surface area (Å²) in [5.74, 6) is 0.0984. The number of para-hydroxylation sites is 2. The molecule has 0 fully saturated rings. The Kier molecular flexibility index (Phi) is 3.23. The van der Waals surface area contributed by atoms with Crippen LogP contribution in [-0.2, 0) is 0 Å². The molecule has 6 heteroatoms. The molecule has 17 heavy (non-hydrogen) atoms. The Morgan fingerprint density at radius 3 is 2.65 bits per heavy atom. The molecule has 0 saturated carbocycles. The van der Waals surface area contributed by atoms with Gasteiger partial charge in [-0.05, 0) is 31.3 Å². The van der Waals surface area contributed by atoms with Gasteiger partial charge in [0.1, 0.15) is 5.75 Å². The SMILES string of the molecule is Cc1c[nH]c(=S)n1-c1ccccc1OC(F)F. The van der Waals surface area contributed by atoms with Crippen LogP contribution < -0.4 is 4.74 Å². The van der Waals surface area contributed by atoms with Crippen molar-refractivity contribution in [2.24, 2.45) is 0 Å². The Morgan fingerprint density at radius 1 is 1.35 bits per heavy atom. The van der Waals surface area contributed by atoms with Gasteiger partial charge in [-0.3, -0.25) is 4.57 Å². The number of hydrogen-bond donors (Lipinski definition) is 1. The summed E-state index contributed by atoms with van der Waals surface area (Å²) in [6.45, 7) is -1.03. The van der Waals surface area contributed by atoms with Crippen LogP contribution in [0.3, 0.4) is 0 Å². The highest BCUT2D eigenvalue weighted by Gasteiger charge is 2.12. The first-order chi connectivity index (χ1) is 8.09. The molecule has 0 spiro atoms. The second-order valence-corrected chi connectivity index (χ2v) is 3.80. The molecule has 0 unspecified atom stereocenters. The second kappa shape index (κ2) is 4.67. The summed E-state index contributed by atoms with van der Waals surface area (Å²) in [5, 5.41) is 0. The largest absolute Gasteiger partial charge is 0.433 e. The fourth-order valence-electron chi connectivity index (χ4n) is 1.59. The molecular formula is C11H10F2N2OS. The van der Waals surface area contributed by atoms with Crippen molar-refractivity contribution in [3.63, 3.8) is 0 Å². The molecule has 1 aromatic carbocycles. The number of aryl methyl sites for hydroxylation is 1.